The lowest BCUT2D eigenvalue weighted by Gasteiger charge is -2.09. The van der Waals surface area contributed by atoms with Gasteiger partial charge in [-0.1, -0.05) is 0 Å². The molecule has 0 fully saturated rings. The molecule has 7 nitrogen and oxygen atoms in total. The Bertz CT molecular complexity index is 780. The van der Waals surface area contributed by atoms with Crippen LogP contribution in [0.5, 0.6) is 5.75 Å². The van der Waals surface area contributed by atoms with Crippen molar-refractivity contribution in [2.45, 2.75) is 11.8 Å². The normalized spacial score (nSPS) is 11.1. The molecule has 0 amide bonds. The van der Waals surface area contributed by atoms with E-state index in [1.165, 1.54) is 7.11 Å². The van der Waals surface area contributed by atoms with E-state index in [-0.39, 0.29) is 10.6 Å². The number of carboxylic acids is 1. The van der Waals surface area contributed by atoms with Gasteiger partial charge in [0, 0.05) is 11.9 Å². The van der Waals surface area contributed by atoms with Crippen LogP contribution in [-0.4, -0.2) is 31.6 Å². The Hall–Kier alpha value is -2.48. The Morgan fingerprint density at radius 1 is 1.33 bits per heavy atom. The van der Waals surface area contributed by atoms with Gasteiger partial charge in [-0.05, 0) is 36.8 Å². The van der Waals surface area contributed by atoms with Crippen molar-refractivity contribution >= 4 is 21.7 Å². The molecule has 0 unspecified atom stereocenters. The summed E-state index contributed by atoms with van der Waals surface area (Å²) in [6, 6.07) is 5.89. The van der Waals surface area contributed by atoms with Crippen LogP contribution in [0.4, 0.5) is 5.69 Å². The molecule has 0 spiro atoms. The number of aromatic amines is 1. The second kappa shape index (κ2) is 5.49. The lowest BCUT2D eigenvalue weighted by molar-refractivity contribution is 0.0691. The van der Waals surface area contributed by atoms with Gasteiger partial charge in [0.25, 0.3) is 10.0 Å². The molecule has 2 rings (SSSR count). The quantitative estimate of drug-likeness (QED) is 0.780. The molecular weight excluding hydrogens is 296 g/mol. The monoisotopic (exact) mass is 310 g/mol. The first-order valence-corrected chi connectivity index (χ1v) is 7.41. The zero-order chi connectivity index (χ0) is 15.6. The van der Waals surface area contributed by atoms with Crippen molar-refractivity contribution in [3.63, 3.8) is 0 Å². The van der Waals surface area contributed by atoms with Gasteiger partial charge in [-0.25, -0.2) is 13.2 Å². The highest BCUT2D eigenvalue weighted by Crippen LogP contribution is 2.23. The Morgan fingerprint density at radius 2 is 2.05 bits per heavy atom. The number of rotatable bonds is 5. The summed E-state index contributed by atoms with van der Waals surface area (Å²) in [5, 5.41) is 8.79. The number of methoxy groups -OCH3 is 1. The van der Waals surface area contributed by atoms with Crippen LogP contribution >= 0.6 is 0 Å². The lowest BCUT2D eigenvalue weighted by Crippen LogP contribution is -2.12. The molecule has 1 aromatic heterocycles. The van der Waals surface area contributed by atoms with Crippen LogP contribution in [0.1, 0.15) is 16.1 Å². The number of ether oxygens (including phenoxy) is 1. The van der Waals surface area contributed by atoms with E-state index >= 15 is 0 Å². The number of sulfonamides is 1. The van der Waals surface area contributed by atoms with Crippen LogP contribution in [0.15, 0.2) is 35.4 Å². The number of hydrogen-bond acceptors (Lipinski definition) is 4. The van der Waals surface area contributed by atoms with Crippen molar-refractivity contribution in [1.29, 1.82) is 0 Å². The summed E-state index contributed by atoms with van der Waals surface area (Å²) in [7, 11) is -2.32. The SMILES string of the molecule is COc1ccc(NS(=O)(=O)c2c[nH]c(C(=O)O)c2)cc1C. The van der Waals surface area contributed by atoms with Gasteiger partial charge in [0.1, 0.15) is 16.3 Å². The van der Waals surface area contributed by atoms with E-state index in [1.807, 2.05) is 0 Å². The molecule has 0 aliphatic rings. The molecule has 8 heteroatoms. The zero-order valence-electron chi connectivity index (χ0n) is 11.4. The van der Waals surface area contributed by atoms with Crippen molar-refractivity contribution in [3.05, 3.63) is 41.7 Å². The first-order valence-electron chi connectivity index (χ1n) is 5.92. The molecule has 3 N–H and O–H groups in total. The largest absolute Gasteiger partial charge is 0.496 e. The molecule has 0 aliphatic carbocycles. The van der Waals surface area contributed by atoms with E-state index in [4.69, 9.17) is 9.84 Å². The molecule has 0 bridgehead atoms. The molecule has 1 heterocycles. The van der Waals surface area contributed by atoms with Crippen molar-refractivity contribution in [3.8, 4) is 5.75 Å². The predicted molar refractivity (Wildman–Crippen MR) is 76.3 cm³/mol. The summed E-state index contributed by atoms with van der Waals surface area (Å²) in [5.41, 5.74) is 0.950. The number of aromatic carboxylic acids is 1. The van der Waals surface area contributed by atoms with Gasteiger partial charge in [0.15, 0.2) is 0 Å². The molecule has 0 saturated heterocycles. The van der Waals surface area contributed by atoms with E-state index in [9.17, 15) is 13.2 Å². The maximum Gasteiger partial charge on any atom is 0.352 e. The number of H-pyrrole nitrogens is 1. The summed E-state index contributed by atoms with van der Waals surface area (Å²) in [6.45, 7) is 1.79. The topological polar surface area (TPSA) is 108 Å². The molecule has 1 aromatic carbocycles. The van der Waals surface area contributed by atoms with Crippen molar-refractivity contribution in [1.82, 2.24) is 4.98 Å². The van der Waals surface area contributed by atoms with E-state index < -0.39 is 16.0 Å². The fourth-order valence-corrected chi connectivity index (χ4v) is 2.85. The Kier molecular flexibility index (Phi) is 3.90. The number of aromatic nitrogens is 1. The van der Waals surface area contributed by atoms with Crippen LogP contribution in [0.3, 0.4) is 0 Å². The molecule has 112 valence electrons. The number of benzene rings is 1. The fraction of sp³-hybridized carbons (Fsp3) is 0.154. The summed E-state index contributed by atoms with van der Waals surface area (Å²) in [4.78, 5) is 13.0. The minimum absolute atomic E-state index is 0.145. The number of anilines is 1. The molecule has 0 saturated carbocycles. The molecular formula is C13H14N2O5S. The van der Waals surface area contributed by atoms with E-state index in [1.54, 1.807) is 25.1 Å². The summed E-state index contributed by atoms with van der Waals surface area (Å²) >= 11 is 0. The van der Waals surface area contributed by atoms with Gasteiger partial charge in [0.2, 0.25) is 0 Å². The van der Waals surface area contributed by atoms with Crippen molar-refractivity contribution in [2.24, 2.45) is 0 Å². The second-order valence-electron chi connectivity index (χ2n) is 4.34. The van der Waals surface area contributed by atoms with Crippen LogP contribution < -0.4 is 9.46 Å². The predicted octanol–water partition coefficient (Wildman–Crippen LogP) is 1.83. The highest BCUT2D eigenvalue weighted by molar-refractivity contribution is 7.92. The number of carboxylic acid groups (broad SMARTS) is 1. The van der Waals surface area contributed by atoms with Crippen LogP contribution in [0.25, 0.3) is 0 Å². The fourth-order valence-electron chi connectivity index (χ4n) is 1.81. The lowest BCUT2D eigenvalue weighted by atomic mass is 10.2. The highest BCUT2D eigenvalue weighted by atomic mass is 32.2. The molecule has 0 atom stereocenters. The van der Waals surface area contributed by atoms with Crippen LogP contribution in [0, 0.1) is 6.92 Å². The zero-order valence-corrected chi connectivity index (χ0v) is 12.2. The standard InChI is InChI=1S/C13H14N2O5S/c1-8-5-9(3-4-12(8)20-2)15-21(18,19)10-6-11(13(16)17)14-7-10/h3-7,14-15H,1-2H3,(H,16,17). The maximum absolute atomic E-state index is 12.1. The van der Waals surface area contributed by atoms with E-state index in [0.29, 0.717) is 11.4 Å². The number of carbonyl (C=O) groups is 1. The third-order valence-corrected chi connectivity index (χ3v) is 4.21. The Morgan fingerprint density at radius 3 is 2.57 bits per heavy atom. The molecule has 2 aromatic rings. The van der Waals surface area contributed by atoms with Crippen LogP contribution in [0.2, 0.25) is 0 Å². The summed E-state index contributed by atoms with van der Waals surface area (Å²) in [5.74, 6) is -0.579. The highest BCUT2D eigenvalue weighted by Gasteiger charge is 2.18. The average molecular weight is 310 g/mol. The first-order chi connectivity index (χ1) is 9.83. The number of aryl methyl sites for hydroxylation is 1. The van der Waals surface area contributed by atoms with Crippen molar-refractivity contribution < 1.29 is 23.1 Å². The van der Waals surface area contributed by atoms with E-state index in [2.05, 4.69) is 9.71 Å². The molecule has 0 radical (unpaired) electrons. The minimum atomic E-state index is -3.85. The number of hydrogen-bond donors (Lipinski definition) is 3. The van der Waals surface area contributed by atoms with Gasteiger partial charge < -0.3 is 14.8 Å². The van der Waals surface area contributed by atoms with Crippen molar-refractivity contribution in [2.75, 3.05) is 11.8 Å². The summed E-state index contributed by atoms with van der Waals surface area (Å²) < 4.78 is 31.8. The van der Waals surface area contributed by atoms with Crippen LogP contribution in [-0.2, 0) is 10.0 Å². The Balaban J connectivity index is 2.28. The Labute approximate surface area is 121 Å². The van der Waals surface area contributed by atoms with Gasteiger partial charge in [0.05, 0.1) is 7.11 Å². The third kappa shape index (κ3) is 3.16. The average Bonchev–Trinajstić information content (AvgIpc) is 2.89. The first kappa shape index (κ1) is 14.9. The second-order valence-corrected chi connectivity index (χ2v) is 6.03. The summed E-state index contributed by atoms with van der Waals surface area (Å²) in [6.07, 6.45) is 1.13. The smallest absolute Gasteiger partial charge is 0.352 e. The van der Waals surface area contributed by atoms with Gasteiger partial charge in [-0.3, -0.25) is 4.72 Å². The van der Waals surface area contributed by atoms with E-state index in [0.717, 1.165) is 17.8 Å². The van der Waals surface area contributed by atoms with Gasteiger partial charge in [-0.15, -0.1) is 0 Å². The van der Waals surface area contributed by atoms with Gasteiger partial charge >= 0.3 is 5.97 Å². The molecule has 0 aliphatic heterocycles. The number of nitrogens with one attached hydrogen (secondary N) is 2. The third-order valence-electron chi connectivity index (χ3n) is 2.84. The maximum atomic E-state index is 12.1. The minimum Gasteiger partial charge on any atom is -0.496 e. The van der Waals surface area contributed by atoms with Gasteiger partial charge in [-0.2, -0.15) is 0 Å². The molecule has 21 heavy (non-hydrogen) atoms.